The number of nitrogens with one attached hydrogen (secondary N) is 1. The Labute approximate surface area is 149 Å². The van der Waals surface area contributed by atoms with Crippen LogP contribution in [0.15, 0.2) is 30.5 Å². The van der Waals surface area contributed by atoms with Gasteiger partial charge in [-0.1, -0.05) is 31.2 Å². The van der Waals surface area contributed by atoms with Crippen molar-refractivity contribution in [3.63, 3.8) is 0 Å². The molecule has 1 saturated heterocycles. The number of likely N-dealkylation sites (tertiary alicyclic amines) is 1. The van der Waals surface area contributed by atoms with Crippen molar-refractivity contribution in [2.75, 3.05) is 6.54 Å². The third kappa shape index (κ3) is 4.03. The van der Waals surface area contributed by atoms with Crippen molar-refractivity contribution < 1.29 is 9.53 Å². The fourth-order valence-electron chi connectivity index (χ4n) is 3.16. The summed E-state index contributed by atoms with van der Waals surface area (Å²) in [5.74, 6) is 0.831. The number of rotatable bonds is 3. The normalized spacial score (nSPS) is 17.8. The van der Waals surface area contributed by atoms with Crippen molar-refractivity contribution in [1.29, 1.82) is 0 Å². The molecule has 1 aliphatic rings. The quantitative estimate of drug-likeness (QED) is 0.879. The highest BCUT2D eigenvalue weighted by Crippen LogP contribution is 2.32. The van der Waals surface area contributed by atoms with Crippen LogP contribution in [-0.2, 0) is 11.2 Å². The Morgan fingerprint density at radius 3 is 2.68 bits per heavy atom. The molecule has 25 heavy (non-hydrogen) atoms. The van der Waals surface area contributed by atoms with Gasteiger partial charge in [0.1, 0.15) is 11.4 Å². The highest BCUT2D eigenvalue weighted by atomic mass is 16.6. The number of ether oxygens (including phenoxy) is 1. The summed E-state index contributed by atoms with van der Waals surface area (Å²) in [4.78, 5) is 22.2. The fraction of sp³-hybridized carbons (Fsp3) is 0.500. The van der Waals surface area contributed by atoms with Crippen LogP contribution in [0.4, 0.5) is 4.79 Å². The number of amides is 1. The molecule has 0 aliphatic carbocycles. The minimum absolute atomic E-state index is 0.0430. The first-order valence-electron chi connectivity index (χ1n) is 9.01. The molecular formula is C20H27N3O2. The topological polar surface area (TPSA) is 58.2 Å². The zero-order chi connectivity index (χ0) is 18.0. The highest BCUT2D eigenvalue weighted by Gasteiger charge is 2.34. The first kappa shape index (κ1) is 17.5. The lowest BCUT2D eigenvalue weighted by Gasteiger charge is -2.27. The van der Waals surface area contributed by atoms with Gasteiger partial charge in [0.05, 0.1) is 17.9 Å². The first-order chi connectivity index (χ1) is 11.9. The van der Waals surface area contributed by atoms with Crippen LogP contribution in [-0.4, -0.2) is 33.1 Å². The van der Waals surface area contributed by atoms with Gasteiger partial charge in [-0.3, -0.25) is 4.90 Å². The molecule has 1 atom stereocenters. The molecule has 0 saturated carbocycles. The van der Waals surface area contributed by atoms with Gasteiger partial charge in [-0.2, -0.15) is 0 Å². The van der Waals surface area contributed by atoms with Gasteiger partial charge in [0.25, 0.3) is 0 Å². The van der Waals surface area contributed by atoms with Crippen LogP contribution in [0.1, 0.15) is 58.0 Å². The molecule has 1 aromatic carbocycles. The Morgan fingerprint density at radius 2 is 2.04 bits per heavy atom. The minimum atomic E-state index is -0.487. The Bertz CT molecular complexity index is 728. The summed E-state index contributed by atoms with van der Waals surface area (Å²) >= 11 is 0. The summed E-state index contributed by atoms with van der Waals surface area (Å²) in [5.41, 5.74) is 2.92. The zero-order valence-electron chi connectivity index (χ0n) is 15.5. The number of carbonyl (C=O) groups is 1. The summed E-state index contributed by atoms with van der Waals surface area (Å²) in [7, 11) is 0. The Balaban J connectivity index is 1.77. The lowest BCUT2D eigenvalue weighted by Crippen LogP contribution is -2.36. The zero-order valence-corrected chi connectivity index (χ0v) is 15.5. The number of carbonyl (C=O) groups excluding carboxylic acids is 1. The van der Waals surface area contributed by atoms with Crippen molar-refractivity contribution >= 4 is 6.09 Å². The average molecular weight is 341 g/mol. The predicted molar refractivity (Wildman–Crippen MR) is 98.3 cm³/mol. The number of aryl methyl sites for hydroxylation is 1. The Morgan fingerprint density at radius 1 is 1.32 bits per heavy atom. The smallest absolute Gasteiger partial charge is 0.410 e. The number of aromatic nitrogens is 2. The molecule has 1 amide bonds. The molecule has 2 heterocycles. The van der Waals surface area contributed by atoms with E-state index in [9.17, 15) is 4.79 Å². The maximum Gasteiger partial charge on any atom is 0.410 e. The SMILES string of the molecule is CCc1ccc(-c2cnc(C3CCCN3C(=O)OC(C)(C)C)[nH]2)cc1. The molecule has 1 aliphatic heterocycles. The second-order valence-electron chi connectivity index (χ2n) is 7.56. The van der Waals surface area contributed by atoms with E-state index in [4.69, 9.17) is 4.74 Å². The lowest BCUT2D eigenvalue weighted by atomic mass is 10.1. The van der Waals surface area contributed by atoms with Crippen molar-refractivity contribution in [3.8, 4) is 11.3 Å². The van der Waals surface area contributed by atoms with Crippen LogP contribution in [0.3, 0.4) is 0 Å². The molecule has 0 bridgehead atoms. The molecular weight excluding hydrogens is 314 g/mol. The summed E-state index contributed by atoms with van der Waals surface area (Å²) in [6, 6.07) is 8.45. The third-order valence-electron chi connectivity index (χ3n) is 4.47. The number of aromatic amines is 1. The van der Waals surface area contributed by atoms with Crippen molar-refractivity contribution in [2.45, 2.75) is 58.6 Å². The molecule has 134 valence electrons. The average Bonchev–Trinajstić information content (AvgIpc) is 3.22. The summed E-state index contributed by atoms with van der Waals surface area (Å²) in [6.45, 7) is 8.53. The van der Waals surface area contributed by atoms with Crippen LogP contribution >= 0.6 is 0 Å². The van der Waals surface area contributed by atoms with E-state index < -0.39 is 5.60 Å². The van der Waals surface area contributed by atoms with Crippen molar-refractivity contribution in [1.82, 2.24) is 14.9 Å². The number of hydrogen-bond donors (Lipinski definition) is 1. The minimum Gasteiger partial charge on any atom is -0.444 e. The summed E-state index contributed by atoms with van der Waals surface area (Å²) in [6.07, 6.45) is 4.48. The molecule has 1 fully saturated rings. The Kier molecular flexibility index (Phi) is 4.84. The summed E-state index contributed by atoms with van der Waals surface area (Å²) < 4.78 is 5.54. The van der Waals surface area contributed by atoms with Gasteiger partial charge < -0.3 is 9.72 Å². The van der Waals surface area contributed by atoms with E-state index in [0.29, 0.717) is 6.54 Å². The second kappa shape index (κ2) is 6.90. The van der Waals surface area contributed by atoms with Gasteiger partial charge in [-0.05, 0) is 51.2 Å². The van der Waals surface area contributed by atoms with Gasteiger partial charge >= 0.3 is 6.09 Å². The van der Waals surface area contributed by atoms with E-state index in [-0.39, 0.29) is 12.1 Å². The van der Waals surface area contributed by atoms with Gasteiger partial charge in [0.2, 0.25) is 0 Å². The van der Waals surface area contributed by atoms with E-state index >= 15 is 0 Å². The van der Waals surface area contributed by atoms with Gasteiger partial charge in [0.15, 0.2) is 0 Å². The molecule has 0 radical (unpaired) electrons. The molecule has 2 aromatic rings. The van der Waals surface area contributed by atoms with Gasteiger partial charge in [-0.15, -0.1) is 0 Å². The molecule has 5 heteroatoms. The fourth-order valence-corrected chi connectivity index (χ4v) is 3.16. The van der Waals surface area contributed by atoms with E-state index in [1.165, 1.54) is 5.56 Å². The highest BCUT2D eigenvalue weighted by molar-refractivity contribution is 5.69. The van der Waals surface area contributed by atoms with Crippen molar-refractivity contribution in [3.05, 3.63) is 41.9 Å². The van der Waals surface area contributed by atoms with Crippen LogP contribution in [0.2, 0.25) is 0 Å². The standard InChI is InChI=1S/C20H27N3O2/c1-5-14-8-10-15(11-9-14)16-13-21-18(22-16)17-7-6-12-23(17)19(24)25-20(2,3)4/h8-11,13,17H,5-7,12H2,1-4H3,(H,21,22). The summed E-state index contributed by atoms with van der Waals surface area (Å²) in [5, 5.41) is 0. The van der Waals surface area contributed by atoms with Crippen LogP contribution < -0.4 is 0 Å². The van der Waals surface area contributed by atoms with Crippen molar-refractivity contribution in [2.24, 2.45) is 0 Å². The molecule has 1 unspecified atom stereocenters. The molecule has 0 spiro atoms. The lowest BCUT2D eigenvalue weighted by molar-refractivity contribution is 0.0219. The molecule has 1 N–H and O–H groups in total. The number of hydrogen-bond acceptors (Lipinski definition) is 3. The second-order valence-corrected chi connectivity index (χ2v) is 7.56. The molecule has 3 rings (SSSR count). The van der Waals surface area contributed by atoms with E-state index in [1.54, 1.807) is 4.90 Å². The number of nitrogens with zero attached hydrogens (tertiary/aromatic N) is 2. The third-order valence-corrected chi connectivity index (χ3v) is 4.47. The van der Waals surface area contributed by atoms with E-state index in [2.05, 4.69) is 41.2 Å². The Hall–Kier alpha value is -2.30. The van der Waals surface area contributed by atoms with E-state index in [1.807, 2.05) is 27.0 Å². The largest absolute Gasteiger partial charge is 0.444 e. The monoisotopic (exact) mass is 341 g/mol. The molecule has 5 nitrogen and oxygen atoms in total. The van der Waals surface area contributed by atoms with Crippen LogP contribution in [0.5, 0.6) is 0 Å². The maximum absolute atomic E-state index is 12.5. The van der Waals surface area contributed by atoms with Gasteiger partial charge in [0, 0.05) is 6.54 Å². The van der Waals surface area contributed by atoms with Gasteiger partial charge in [-0.25, -0.2) is 9.78 Å². The molecule has 1 aromatic heterocycles. The van der Waals surface area contributed by atoms with Crippen LogP contribution in [0.25, 0.3) is 11.3 Å². The number of benzene rings is 1. The number of H-pyrrole nitrogens is 1. The first-order valence-corrected chi connectivity index (χ1v) is 9.01. The predicted octanol–water partition coefficient (Wildman–Crippen LogP) is 4.71. The maximum atomic E-state index is 12.5. The van der Waals surface area contributed by atoms with Crippen LogP contribution in [0, 0.1) is 0 Å². The number of imidazole rings is 1. The van der Waals surface area contributed by atoms with E-state index in [0.717, 1.165) is 36.3 Å².